The van der Waals surface area contributed by atoms with Crippen molar-refractivity contribution in [2.45, 2.75) is 37.1 Å². The summed E-state index contributed by atoms with van der Waals surface area (Å²) in [6.07, 6.45) is 1.85. The molecule has 0 aliphatic carbocycles. The number of benzene rings is 3. The van der Waals surface area contributed by atoms with Gasteiger partial charge in [0, 0.05) is 32.2 Å². The molecule has 1 aliphatic rings. The lowest BCUT2D eigenvalue weighted by Gasteiger charge is -2.33. The molecule has 1 aliphatic heterocycles. The lowest BCUT2D eigenvalue weighted by atomic mass is 9.98. The van der Waals surface area contributed by atoms with Crippen molar-refractivity contribution in [2.24, 2.45) is 11.7 Å². The van der Waals surface area contributed by atoms with Crippen LogP contribution in [-0.2, 0) is 26.0 Å². The van der Waals surface area contributed by atoms with Crippen LogP contribution in [0, 0.1) is 11.3 Å². The summed E-state index contributed by atoms with van der Waals surface area (Å²) in [5.41, 5.74) is 6.97. The molecule has 0 bridgehead atoms. The third kappa shape index (κ3) is 8.17. The van der Waals surface area contributed by atoms with Crippen LogP contribution in [0.4, 0.5) is 5.69 Å². The lowest BCUT2D eigenvalue weighted by Crippen LogP contribution is -2.51. The van der Waals surface area contributed by atoms with Gasteiger partial charge in [0.25, 0.3) is 0 Å². The van der Waals surface area contributed by atoms with Crippen molar-refractivity contribution in [3.05, 3.63) is 72.3 Å². The van der Waals surface area contributed by atoms with E-state index in [1.807, 2.05) is 24.3 Å². The van der Waals surface area contributed by atoms with Gasteiger partial charge in [-0.1, -0.05) is 42.5 Å². The quantitative estimate of drug-likeness (QED) is 0.192. The van der Waals surface area contributed by atoms with Gasteiger partial charge in [-0.05, 0) is 65.8 Å². The molecule has 0 aromatic heterocycles. The molecular formula is C28H35ClN6O4S. The van der Waals surface area contributed by atoms with Crippen molar-refractivity contribution >= 4 is 56.7 Å². The van der Waals surface area contributed by atoms with E-state index in [2.05, 4.69) is 15.4 Å². The van der Waals surface area contributed by atoms with Crippen LogP contribution in [0.3, 0.4) is 0 Å². The van der Waals surface area contributed by atoms with E-state index in [-0.39, 0.29) is 41.5 Å². The monoisotopic (exact) mass is 586 g/mol. The number of hydrogen-bond acceptors (Lipinski definition) is 5. The summed E-state index contributed by atoms with van der Waals surface area (Å²) in [5.74, 6) is -0.532. The van der Waals surface area contributed by atoms with Crippen LogP contribution in [0.15, 0.2) is 71.6 Å². The Hall–Kier alpha value is -3.67. The Kier molecular flexibility index (Phi) is 10.5. The number of rotatable bonds is 9. The Bertz CT molecular complexity index is 1470. The average Bonchev–Trinajstić information content (AvgIpc) is 2.92. The third-order valence-electron chi connectivity index (χ3n) is 6.78. The zero-order valence-electron chi connectivity index (χ0n) is 22.2. The van der Waals surface area contributed by atoms with Gasteiger partial charge in [-0.25, -0.2) is 8.42 Å². The molecule has 3 aromatic rings. The van der Waals surface area contributed by atoms with E-state index < -0.39 is 22.0 Å². The van der Waals surface area contributed by atoms with Crippen molar-refractivity contribution in [2.75, 3.05) is 25.0 Å². The zero-order valence-corrected chi connectivity index (χ0v) is 23.9. The van der Waals surface area contributed by atoms with Gasteiger partial charge >= 0.3 is 0 Å². The molecule has 4 rings (SSSR count). The fraction of sp³-hybridized carbons (Fsp3) is 0.321. The highest BCUT2D eigenvalue weighted by molar-refractivity contribution is 7.89. The highest BCUT2D eigenvalue weighted by Gasteiger charge is 2.28. The molecule has 0 spiro atoms. The topological polar surface area (TPSA) is 157 Å². The molecule has 1 heterocycles. The van der Waals surface area contributed by atoms with Gasteiger partial charge in [0.1, 0.15) is 6.04 Å². The van der Waals surface area contributed by atoms with Crippen LogP contribution in [0.1, 0.15) is 25.3 Å². The molecule has 0 saturated carbocycles. The second-order valence-electron chi connectivity index (χ2n) is 9.85. The zero-order chi connectivity index (χ0) is 28.0. The van der Waals surface area contributed by atoms with Gasteiger partial charge in [0.2, 0.25) is 21.8 Å². The average molecular weight is 587 g/mol. The van der Waals surface area contributed by atoms with Crippen molar-refractivity contribution in [1.29, 1.82) is 5.41 Å². The van der Waals surface area contributed by atoms with Crippen LogP contribution in [-0.4, -0.2) is 56.8 Å². The number of sulfonamides is 1. The van der Waals surface area contributed by atoms with E-state index in [0.717, 1.165) is 29.2 Å². The molecule has 1 fully saturated rings. The fourth-order valence-electron chi connectivity index (χ4n) is 4.76. The second kappa shape index (κ2) is 13.6. The first-order valence-electron chi connectivity index (χ1n) is 12.8. The largest absolute Gasteiger partial charge is 0.370 e. The standard InChI is InChI=1S/C28H34N6O4S.ClH/c1-19(35)32-24-11-8-20(9-12-24)15-26(27(36)31-17-21-5-4-14-34(18-21)28(29)30)33-39(37,38)25-13-10-22-6-2-3-7-23(22)16-25;/h2-3,6-13,16,21,26,33H,4-5,14-15,17-18H2,1H3,(H3,29,30)(H,31,36)(H,32,35);1H/t21-,26-;/m1./s1. The van der Waals surface area contributed by atoms with Gasteiger partial charge < -0.3 is 21.3 Å². The van der Waals surface area contributed by atoms with Gasteiger partial charge in [-0.3, -0.25) is 15.0 Å². The Morgan fingerprint density at radius 1 is 1.07 bits per heavy atom. The summed E-state index contributed by atoms with van der Waals surface area (Å²) in [7, 11) is -4.02. The molecule has 10 nitrogen and oxygen atoms in total. The number of piperidine rings is 1. The minimum absolute atomic E-state index is 0. The van der Waals surface area contributed by atoms with Crippen molar-refractivity contribution < 1.29 is 18.0 Å². The summed E-state index contributed by atoms with van der Waals surface area (Å²) in [5, 5.41) is 15.0. The number of anilines is 1. The molecule has 214 valence electrons. The van der Waals surface area contributed by atoms with Crippen LogP contribution in [0.2, 0.25) is 0 Å². The number of nitrogens with two attached hydrogens (primary N) is 1. The highest BCUT2D eigenvalue weighted by atomic mass is 35.5. The van der Waals surface area contributed by atoms with E-state index in [0.29, 0.717) is 25.3 Å². The highest BCUT2D eigenvalue weighted by Crippen LogP contribution is 2.20. The van der Waals surface area contributed by atoms with Gasteiger partial charge in [-0.2, -0.15) is 4.72 Å². The molecule has 2 atom stereocenters. The summed E-state index contributed by atoms with van der Waals surface area (Å²) < 4.78 is 29.4. The summed E-state index contributed by atoms with van der Waals surface area (Å²) in [4.78, 5) is 26.5. The van der Waals surface area contributed by atoms with Crippen LogP contribution >= 0.6 is 12.4 Å². The molecule has 12 heteroatoms. The van der Waals surface area contributed by atoms with Crippen LogP contribution in [0.5, 0.6) is 0 Å². The first kappa shape index (κ1) is 30.9. The first-order chi connectivity index (χ1) is 18.6. The van der Waals surface area contributed by atoms with E-state index in [9.17, 15) is 18.0 Å². The van der Waals surface area contributed by atoms with E-state index in [1.54, 1.807) is 41.3 Å². The molecule has 40 heavy (non-hydrogen) atoms. The minimum Gasteiger partial charge on any atom is -0.370 e. The maximum absolute atomic E-state index is 13.4. The Morgan fingerprint density at radius 2 is 1.77 bits per heavy atom. The van der Waals surface area contributed by atoms with Gasteiger partial charge in [0.05, 0.1) is 4.90 Å². The third-order valence-corrected chi connectivity index (χ3v) is 8.25. The number of likely N-dealkylation sites (tertiary alicyclic amines) is 1. The van der Waals surface area contributed by atoms with Crippen molar-refractivity contribution in [1.82, 2.24) is 14.9 Å². The minimum atomic E-state index is -4.02. The number of carbonyl (C=O) groups is 2. The number of carbonyl (C=O) groups excluding carboxylic acids is 2. The number of amides is 2. The number of guanidine groups is 1. The Morgan fingerprint density at radius 3 is 2.45 bits per heavy atom. The lowest BCUT2D eigenvalue weighted by molar-refractivity contribution is -0.123. The number of nitrogens with zero attached hydrogens (tertiary/aromatic N) is 1. The first-order valence-corrected chi connectivity index (χ1v) is 14.3. The number of hydrogen-bond donors (Lipinski definition) is 5. The predicted molar refractivity (Wildman–Crippen MR) is 159 cm³/mol. The molecule has 2 amide bonds. The molecule has 3 aromatic carbocycles. The number of halogens is 1. The maximum atomic E-state index is 13.4. The van der Waals surface area contributed by atoms with Crippen LogP contribution < -0.4 is 21.1 Å². The molecule has 1 saturated heterocycles. The van der Waals surface area contributed by atoms with Crippen molar-refractivity contribution in [3.63, 3.8) is 0 Å². The Labute approximate surface area is 240 Å². The van der Waals surface area contributed by atoms with E-state index in [1.165, 1.54) is 13.0 Å². The van der Waals surface area contributed by atoms with Gasteiger partial charge in [-0.15, -0.1) is 12.4 Å². The van der Waals surface area contributed by atoms with E-state index in [4.69, 9.17) is 11.1 Å². The molecule has 0 unspecified atom stereocenters. The van der Waals surface area contributed by atoms with Crippen molar-refractivity contribution in [3.8, 4) is 0 Å². The SMILES string of the molecule is CC(=O)Nc1ccc(C[C@@H](NS(=O)(=O)c2ccc3ccccc3c2)C(=O)NC[C@H]2CCCN(C(=N)N)C2)cc1.Cl. The van der Waals surface area contributed by atoms with Gasteiger partial charge in [0.15, 0.2) is 5.96 Å². The predicted octanol–water partition coefficient (Wildman–Crippen LogP) is 2.83. The second-order valence-corrected chi connectivity index (χ2v) is 11.6. The molecule has 6 N–H and O–H groups in total. The summed E-state index contributed by atoms with van der Waals surface area (Å²) in [6.45, 7) is 3.03. The summed E-state index contributed by atoms with van der Waals surface area (Å²) >= 11 is 0. The fourth-order valence-corrected chi connectivity index (χ4v) is 5.99. The maximum Gasteiger partial charge on any atom is 0.241 e. The normalized spacial score (nSPS) is 16.0. The molecule has 0 radical (unpaired) electrons. The number of fused-ring (bicyclic) bond motifs is 1. The smallest absolute Gasteiger partial charge is 0.241 e. The molecular weight excluding hydrogens is 552 g/mol. The summed E-state index contributed by atoms with van der Waals surface area (Å²) in [6, 6.07) is 18.2. The Balaban J connectivity index is 0.00000441. The van der Waals surface area contributed by atoms with Crippen LogP contribution in [0.25, 0.3) is 10.8 Å². The number of nitrogens with one attached hydrogen (secondary N) is 4. The van der Waals surface area contributed by atoms with E-state index >= 15 is 0 Å².